The lowest BCUT2D eigenvalue weighted by Gasteiger charge is -1.96. The van der Waals surface area contributed by atoms with E-state index in [-0.39, 0.29) is 0 Å². The maximum atomic E-state index is 12.6. The average molecular weight is 167 g/mol. The molecule has 0 aliphatic carbocycles. The topological polar surface area (TPSA) is 4.36 Å². The van der Waals surface area contributed by atoms with Crippen molar-refractivity contribution >= 4 is 0 Å². The second kappa shape index (κ2) is 3.82. The molecule has 1 aromatic rings. The zero-order valence-electron chi connectivity index (χ0n) is 6.35. The Morgan fingerprint density at radius 3 is 2.58 bits per heavy atom. The third-order valence-electron chi connectivity index (χ3n) is 1.50. The molecular weight excluding hydrogens is 160 g/mol. The highest BCUT2D eigenvalue weighted by Gasteiger charge is 2.02. The number of hydrogen-bond donors (Lipinski definition) is 0. The van der Waals surface area contributed by atoms with Gasteiger partial charge in [-0.05, 0) is 17.7 Å². The first-order valence-corrected chi connectivity index (χ1v) is 3.51. The van der Waals surface area contributed by atoms with Crippen molar-refractivity contribution in [3.05, 3.63) is 46.8 Å². The van der Waals surface area contributed by atoms with E-state index in [0.717, 1.165) is 12.1 Å². The predicted molar refractivity (Wildman–Crippen MR) is 41.5 cm³/mol. The van der Waals surface area contributed by atoms with Crippen LogP contribution in [0, 0.1) is 18.2 Å². The van der Waals surface area contributed by atoms with E-state index in [2.05, 4.69) is 4.85 Å². The molecule has 0 amide bonds. The minimum Gasteiger partial charge on any atom is -0.317 e. The maximum Gasteiger partial charge on any atom is 0.218 e. The summed E-state index contributed by atoms with van der Waals surface area (Å²) in [7, 11) is 0. The molecule has 0 heterocycles. The summed E-state index contributed by atoms with van der Waals surface area (Å²) in [5.41, 5.74) is 0.657. The Balaban J connectivity index is 2.77. The Labute approximate surface area is 69.5 Å². The van der Waals surface area contributed by atoms with Crippen LogP contribution in [0.4, 0.5) is 8.78 Å². The van der Waals surface area contributed by atoms with Crippen LogP contribution in [-0.2, 0) is 6.42 Å². The highest BCUT2D eigenvalue weighted by Crippen LogP contribution is 2.08. The molecule has 1 rings (SSSR count). The van der Waals surface area contributed by atoms with Crippen LogP contribution in [0.5, 0.6) is 0 Å². The van der Waals surface area contributed by atoms with Crippen LogP contribution in [0.15, 0.2) is 18.2 Å². The summed E-state index contributed by atoms with van der Waals surface area (Å²) in [6, 6.07) is 3.69. The molecule has 0 spiro atoms. The molecule has 0 atom stereocenters. The van der Waals surface area contributed by atoms with E-state index in [0.29, 0.717) is 18.5 Å². The Bertz CT molecular complexity index is 315. The smallest absolute Gasteiger partial charge is 0.218 e. The number of halogens is 2. The lowest BCUT2D eigenvalue weighted by molar-refractivity contribution is 0.507. The molecule has 0 saturated heterocycles. The van der Waals surface area contributed by atoms with Gasteiger partial charge in [0.25, 0.3) is 0 Å². The van der Waals surface area contributed by atoms with Gasteiger partial charge in [0.15, 0.2) is 11.6 Å². The summed E-state index contributed by atoms with van der Waals surface area (Å²) >= 11 is 0. The van der Waals surface area contributed by atoms with E-state index in [1.807, 2.05) is 0 Å². The zero-order valence-corrected chi connectivity index (χ0v) is 6.35. The van der Waals surface area contributed by atoms with Gasteiger partial charge >= 0.3 is 0 Å². The highest BCUT2D eigenvalue weighted by molar-refractivity contribution is 5.18. The van der Waals surface area contributed by atoms with Crippen LogP contribution in [0.1, 0.15) is 5.56 Å². The van der Waals surface area contributed by atoms with Crippen molar-refractivity contribution in [2.75, 3.05) is 6.54 Å². The molecule has 0 N–H and O–H groups in total. The summed E-state index contributed by atoms with van der Waals surface area (Å²) in [4.78, 5) is 3.12. The fourth-order valence-electron chi connectivity index (χ4n) is 0.880. The normalized spacial score (nSPS) is 9.42. The van der Waals surface area contributed by atoms with Crippen LogP contribution < -0.4 is 0 Å². The van der Waals surface area contributed by atoms with Crippen molar-refractivity contribution in [3.63, 3.8) is 0 Å². The first-order valence-electron chi connectivity index (χ1n) is 3.51. The molecule has 0 aliphatic heterocycles. The third-order valence-corrected chi connectivity index (χ3v) is 1.50. The number of hydrogen-bond acceptors (Lipinski definition) is 0. The number of rotatable bonds is 2. The second-order valence-electron chi connectivity index (χ2n) is 2.38. The van der Waals surface area contributed by atoms with Crippen molar-refractivity contribution in [2.45, 2.75) is 6.42 Å². The van der Waals surface area contributed by atoms with Gasteiger partial charge in [-0.1, -0.05) is 6.07 Å². The summed E-state index contributed by atoms with van der Waals surface area (Å²) in [5, 5.41) is 0. The van der Waals surface area contributed by atoms with Gasteiger partial charge in [0, 0.05) is 6.42 Å². The molecule has 3 heteroatoms. The molecule has 0 unspecified atom stereocenters. The Morgan fingerprint density at radius 2 is 2.00 bits per heavy atom. The number of nitrogens with zero attached hydrogens (tertiary/aromatic N) is 1. The van der Waals surface area contributed by atoms with Gasteiger partial charge < -0.3 is 4.85 Å². The van der Waals surface area contributed by atoms with Crippen LogP contribution >= 0.6 is 0 Å². The van der Waals surface area contributed by atoms with E-state index in [9.17, 15) is 8.78 Å². The Morgan fingerprint density at radius 1 is 1.25 bits per heavy atom. The summed E-state index contributed by atoms with van der Waals surface area (Å²) < 4.78 is 24.9. The van der Waals surface area contributed by atoms with Crippen LogP contribution in [0.3, 0.4) is 0 Å². The van der Waals surface area contributed by atoms with Gasteiger partial charge in [-0.25, -0.2) is 15.4 Å². The van der Waals surface area contributed by atoms with Crippen LogP contribution in [-0.4, -0.2) is 6.54 Å². The molecule has 0 saturated carbocycles. The average Bonchev–Trinajstić information content (AvgIpc) is 2.07. The van der Waals surface area contributed by atoms with Crippen molar-refractivity contribution in [1.82, 2.24) is 0 Å². The van der Waals surface area contributed by atoms with E-state index < -0.39 is 11.6 Å². The molecular formula is C9H7F2N. The molecule has 0 aromatic heterocycles. The molecule has 0 radical (unpaired) electrons. The second-order valence-corrected chi connectivity index (χ2v) is 2.38. The maximum absolute atomic E-state index is 12.6. The lowest BCUT2D eigenvalue weighted by atomic mass is 10.1. The molecule has 1 nitrogen and oxygen atoms in total. The summed E-state index contributed by atoms with van der Waals surface area (Å²) in [6.45, 7) is 6.82. The lowest BCUT2D eigenvalue weighted by Crippen LogP contribution is -1.91. The Hall–Kier alpha value is -1.43. The van der Waals surface area contributed by atoms with Gasteiger partial charge in [-0.15, -0.1) is 0 Å². The standard InChI is InChI=1S/C9H7F2N/c1-12-5-4-7-2-3-8(10)9(11)6-7/h2-3,6H,4-5H2. The molecule has 12 heavy (non-hydrogen) atoms. The fourth-order valence-corrected chi connectivity index (χ4v) is 0.880. The molecule has 0 bridgehead atoms. The summed E-state index contributed by atoms with van der Waals surface area (Å²) in [5.74, 6) is -1.70. The van der Waals surface area contributed by atoms with Crippen molar-refractivity contribution in [1.29, 1.82) is 0 Å². The largest absolute Gasteiger partial charge is 0.317 e. The predicted octanol–water partition coefficient (Wildman–Crippen LogP) is 2.43. The van der Waals surface area contributed by atoms with Gasteiger partial charge in [-0.2, -0.15) is 0 Å². The van der Waals surface area contributed by atoms with Crippen molar-refractivity contribution in [3.8, 4) is 0 Å². The molecule has 0 aliphatic rings. The first kappa shape index (κ1) is 8.66. The van der Waals surface area contributed by atoms with Crippen molar-refractivity contribution < 1.29 is 8.78 Å². The molecule has 62 valence electrons. The van der Waals surface area contributed by atoms with Gasteiger partial charge in [0.05, 0.1) is 0 Å². The molecule has 1 aromatic carbocycles. The van der Waals surface area contributed by atoms with Crippen LogP contribution in [0.25, 0.3) is 4.85 Å². The highest BCUT2D eigenvalue weighted by atomic mass is 19.2. The first-order chi connectivity index (χ1) is 5.74. The number of benzene rings is 1. The van der Waals surface area contributed by atoms with E-state index in [1.54, 1.807) is 0 Å². The zero-order chi connectivity index (χ0) is 8.97. The van der Waals surface area contributed by atoms with Gasteiger partial charge in [0.2, 0.25) is 6.54 Å². The Kier molecular flexibility index (Phi) is 2.76. The van der Waals surface area contributed by atoms with E-state index in [4.69, 9.17) is 6.57 Å². The monoisotopic (exact) mass is 167 g/mol. The van der Waals surface area contributed by atoms with E-state index >= 15 is 0 Å². The quantitative estimate of drug-likeness (QED) is 0.596. The molecule has 0 fully saturated rings. The van der Waals surface area contributed by atoms with Crippen LogP contribution in [0.2, 0.25) is 0 Å². The minimum atomic E-state index is -0.850. The van der Waals surface area contributed by atoms with Gasteiger partial charge in [0.1, 0.15) is 0 Å². The van der Waals surface area contributed by atoms with Gasteiger partial charge in [-0.3, -0.25) is 0 Å². The fraction of sp³-hybridized carbons (Fsp3) is 0.222. The third kappa shape index (κ3) is 2.03. The minimum absolute atomic E-state index is 0.311. The van der Waals surface area contributed by atoms with Crippen molar-refractivity contribution in [2.24, 2.45) is 0 Å². The SMILES string of the molecule is [C-]#[N+]CCc1ccc(F)c(F)c1. The van der Waals surface area contributed by atoms with E-state index in [1.165, 1.54) is 6.07 Å². The summed E-state index contributed by atoms with van der Waals surface area (Å²) in [6.07, 6.45) is 0.473.